The molecule has 1 atom stereocenters. The molecular weight excluding hydrogens is 259 g/mol. The van der Waals surface area contributed by atoms with Gasteiger partial charge in [-0.25, -0.2) is 4.39 Å². The third-order valence-electron chi connectivity index (χ3n) is 3.52. The fourth-order valence-corrected chi connectivity index (χ4v) is 2.47. The Balaban J connectivity index is 2.03. The molecule has 1 saturated heterocycles. The maximum Gasteiger partial charge on any atom is 0.253 e. The van der Waals surface area contributed by atoms with Crippen LogP contribution in [0.3, 0.4) is 0 Å². The highest BCUT2D eigenvalue weighted by Gasteiger charge is 2.28. The van der Waals surface area contributed by atoms with Crippen LogP contribution in [0.25, 0.3) is 0 Å². The van der Waals surface area contributed by atoms with E-state index >= 15 is 0 Å². The summed E-state index contributed by atoms with van der Waals surface area (Å²) in [5, 5.41) is 2.80. The molecule has 0 radical (unpaired) electrons. The van der Waals surface area contributed by atoms with Crippen LogP contribution in [0.4, 0.5) is 4.39 Å². The summed E-state index contributed by atoms with van der Waals surface area (Å²) in [4.78, 5) is 25.8. The molecule has 0 aliphatic carbocycles. The second kappa shape index (κ2) is 6.50. The largest absolute Gasteiger partial charge is 0.356 e. The highest BCUT2D eigenvalue weighted by atomic mass is 19.1. The van der Waals surface area contributed by atoms with Crippen molar-refractivity contribution in [3.8, 4) is 0 Å². The van der Waals surface area contributed by atoms with Crippen LogP contribution in [-0.2, 0) is 4.79 Å². The van der Waals surface area contributed by atoms with Gasteiger partial charge in [0.25, 0.3) is 5.91 Å². The minimum Gasteiger partial charge on any atom is -0.356 e. The first-order chi connectivity index (χ1) is 9.61. The summed E-state index contributed by atoms with van der Waals surface area (Å²) in [6, 6.07) is 5.51. The predicted molar refractivity (Wildman–Crippen MR) is 73.7 cm³/mol. The molecule has 1 aliphatic heterocycles. The second-order valence-corrected chi connectivity index (χ2v) is 4.99. The Morgan fingerprint density at radius 1 is 1.35 bits per heavy atom. The number of carbonyl (C=O) groups is 2. The molecular formula is C15H19FN2O2. The van der Waals surface area contributed by atoms with E-state index in [9.17, 15) is 14.0 Å². The van der Waals surface area contributed by atoms with Gasteiger partial charge in [0.15, 0.2) is 0 Å². The standard InChI is InChI=1S/C15H19FN2O2/c1-2-17-14(19)12-4-3-9-18(10-12)15(20)11-5-7-13(16)8-6-11/h5-8,12H,2-4,9-10H2,1H3,(H,17,19). The van der Waals surface area contributed by atoms with Gasteiger partial charge in [-0.15, -0.1) is 0 Å². The molecule has 4 nitrogen and oxygen atoms in total. The van der Waals surface area contributed by atoms with E-state index in [0.29, 0.717) is 25.2 Å². The SMILES string of the molecule is CCNC(=O)C1CCCN(C(=O)c2ccc(F)cc2)C1. The average molecular weight is 278 g/mol. The number of likely N-dealkylation sites (tertiary alicyclic amines) is 1. The van der Waals surface area contributed by atoms with E-state index in [1.54, 1.807) is 4.90 Å². The summed E-state index contributed by atoms with van der Waals surface area (Å²) in [6.07, 6.45) is 1.62. The third kappa shape index (κ3) is 3.35. The van der Waals surface area contributed by atoms with Crippen LogP contribution in [0.2, 0.25) is 0 Å². The van der Waals surface area contributed by atoms with Crippen LogP contribution in [0.5, 0.6) is 0 Å². The normalized spacial score (nSPS) is 18.7. The molecule has 0 aromatic heterocycles. The van der Waals surface area contributed by atoms with Crippen molar-refractivity contribution in [2.24, 2.45) is 5.92 Å². The Labute approximate surface area is 118 Å². The number of piperidine rings is 1. The Kier molecular flexibility index (Phi) is 4.71. The van der Waals surface area contributed by atoms with Gasteiger partial charge in [0.1, 0.15) is 5.82 Å². The van der Waals surface area contributed by atoms with Crippen molar-refractivity contribution < 1.29 is 14.0 Å². The minimum absolute atomic E-state index is 0.00380. The molecule has 1 fully saturated rings. The van der Waals surface area contributed by atoms with Crippen molar-refractivity contribution in [1.82, 2.24) is 10.2 Å². The molecule has 108 valence electrons. The zero-order chi connectivity index (χ0) is 14.5. The number of rotatable bonds is 3. The Hall–Kier alpha value is -1.91. The molecule has 1 aromatic rings. The van der Waals surface area contributed by atoms with Crippen molar-refractivity contribution in [3.63, 3.8) is 0 Å². The smallest absolute Gasteiger partial charge is 0.253 e. The number of nitrogens with one attached hydrogen (secondary N) is 1. The quantitative estimate of drug-likeness (QED) is 0.916. The number of nitrogens with zero attached hydrogens (tertiary/aromatic N) is 1. The molecule has 1 unspecified atom stereocenters. The molecule has 1 N–H and O–H groups in total. The maximum absolute atomic E-state index is 12.9. The van der Waals surface area contributed by atoms with Gasteiger partial charge in [0.2, 0.25) is 5.91 Å². The number of hydrogen-bond donors (Lipinski definition) is 1. The van der Waals surface area contributed by atoms with Gasteiger partial charge in [-0.2, -0.15) is 0 Å². The van der Waals surface area contributed by atoms with Crippen LogP contribution < -0.4 is 5.32 Å². The van der Waals surface area contributed by atoms with E-state index in [-0.39, 0.29) is 23.5 Å². The lowest BCUT2D eigenvalue weighted by Gasteiger charge is -2.32. The van der Waals surface area contributed by atoms with Crippen LogP contribution >= 0.6 is 0 Å². The van der Waals surface area contributed by atoms with Gasteiger partial charge in [-0.05, 0) is 44.0 Å². The maximum atomic E-state index is 12.9. The molecule has 2 rings (SSSR count). The van der Waals surface area contributed by atoms with E-state index in [2.05, 4.69) is 5.32 Å². The van der Waals surface area contributed by atoms with Crippen molar-refractivity contribution in [2.45, 2.75) is 19.8 Å². The van der Waals surface area contributed by atoms with Crippen molar-refractivity contribution >= 4 is 11.8 Å². The molecule has 5 heteroatoms. The Morgan fingerprint density at radius 3 is 2.70 bits per heavy atom. The summed E-state index contributed by atoms with van der Waals surface area (Å²) < 4.78 is 12.9. The lowest BCUT2D eigenvalue weighted by Crippen LogP contribution is -2.45. The summed E-state index contributed by atoms with van der Waals surface area (Å²) >= 11 is 0. The van der Waals surface area contributed by atoms with Gasteiger partial charge in [0.05, 0.1) is 5.92 Å². The lowest BCUT2D eigenvalue weighted by molar-refractivity contribution is -0.126. The highest BCUT2D eigenvalue weighted by Crippen LogP contribution is 2.19. The van der Waals surface area contributed by atoms with Crippen LogP contribution in [0, 0.1) is 11.7 Å². The van der Waals surface area contributed by atoms with Gasteiger partial charge in [-0.3, -0.25) is 9.59 Å². The second-order valence-electron chi connectivity index (χ2n) is 4.99. The van der Waals surface area contributed by atoms with E-state index in [1.165, 1.54) is 24.3 Å². The zero-order valence-electron chi connectivity index (χ0n) is 11.6. The van der Waals surface area contributed by atoms with Crippen molar-refractivity contribution in [3.05, 3.63) is 35.6 Å². The summed E-state index contributed by atoms with van der Waals surface area (Å²) in [6.45, 7) is 3.55. The van der Waals surface area contributed by atoms with Crippen LogP contribution in [0.1, 0.15) is 30.1 Å². The number of amides is 2. The van der Waals surface area contributed by atoms with Crippen molar-refractivity contribution in [1.29, 1.82) is 0 Å². The summed E-state index contributed by atoms with van der Waals surface area (Å²) in [5.41, 5.74) is 0.461. The van der Waals surface area contributed by atoms with E-state index < -0.39 is 0 Å². The molecule has 2 amide bonds. The first-order valence-corrected chi connectivity index (χ1v) is 6.94. The molecule has 20 heavy (non-hydrogen) atoms. The van der Waals surface area contributed by atoms with Gasteiger partial charge in [0, 0.05) is 25.2 Å². The first kappa shape index (κ1) is 14.5. The highest BCUT2D eigenvalue weighted by molar-refractivity contribution is 5.94. The van der Waals surface area contributed by atoms with E-state index in [0.717, 1.165) is 12.8 Å². The first-order valence-electron chi connectivity index (χ1n) is 6.94. The van der Waals surface area contributed by atoms with Crippen molar-refractivity contribution in [2.75, 3.05) is 19.6 Å². The topological polar surface area (TPSA) is 49.4 Å². The Morgan fingerprint density at radius 2 is 2.05 bits per heavy atom. The predicted octanol–water partition coefficient (Wildman–Crippen LogP) is 1.81. The molecule has 1 aromatic carbocycles. The number of carbonyl (C=O) groups excluding carboxylic acids is 2. The van der Waals surface area contributed by atoms with E-state index in [1.807, 2.05) is 6.92 Å². The molecule has 0 bridgehead atoms. The molecule has 1 aliphatic rings. The van der Waals surface area contributed by atoms with Crippen LogP contribution in [-0.4, -0.2) is 36.3 Å². The molecule has 0 saturated carbocycles. The average Bonchev–Trinajstić information content (AvgIpc) is 2.48. The number of halogens is 1. The number of benzene rings is 1. The number of hydrogen-bond acceptors (Lipinski definition) is 2. The third-order valence-corrected chi connectivity index (χ3v) is 3.52. The summed E-state index contributed by atoms with van der Waals surface area (Å²) in [7, 11) is 0. The fourth-order valence-electron chi connectivity index (χ4n) is 2.47. The van der Waals surface area contributed by atoms with Gasteiger partial charge < -0.3 is 10.2 Å². The molecule has 0 spiro atoms. The van der Waals surface area contributed by atoms with Gasteiger partial charge in [-0.1, -0.05) is 0 Å². The zero-order valence-corrected chi connectivity index (χ0v) is 11.6. The lowest BCUT2D eigenvalue weighted by atomic mass is 9.96. The fraction of sp³-hybridized carbons (Fsp3) is 0.467. The minimum atomic E-state index is -0.361. The van der Waals surface area contributed by atoms with Gasteiger partial charge >= 0.3 is 0 Å². The summed E-state index contributed by atoms with van der Waals surface area (Å²) in [5.74, 6) is -0.642. The Bertz CT molecular complexity index is 487. The van der Waals surface area contributed by atoms with E-state index in [4.69, 9.17) is 0 Å². The van der Waals surface area contributed by atoms with Crippen LogP contribution in [0.15, 0.2) is 24.3 Å². The molecule has 1 heterocycles. The monoisotopic (exact) mass is 278 g/mol.